The van der Waals surface area contributed by atoms with Crippen molar-refractivity contribution >= 4 is 16.9 Å². The van der Waals surface area contributed by atoms with Crippen molar-refractivity contribution in [2.24, 2.45) is 13.0 Å². The van der Waals surface area contributed by atoms with Gasteiger partial charge in [-0.3, -0.25) is 5.10 Å². The lowest BCUT2D eigenvalue weighted by molar-refractivity contribution is 0.0824. The van der Waals surface area contributed by atoms with Gasteiger partial charge in [0.2, 0.25) is 0 Å². The molecule has 8 nitrogen and oxygen atoms in total. The Balaban J connectivity index is 1.49. The van der Waals surface area contributed by atoms with Gasteiger partial charge in [-0.25, -0.2) is 15.0 Å². The van der Waals surface area contributed by atoms with Crippen LogP contribution in [0, 0.1) is 5.92 Å². The van der Waals surface area contributed by atoms with Gasteiger partial charge in [0.25, 0.3) is 0 Å². The van der Waals surface area contributed by atoms with E-state index < -0.39 is 6.10 Å². The number of aromatic amines is 1. The third kappa shape index (κ3) is 2.44. The minimum absolute atomic E-state index is 0.217. The van der Waals surface area contributed by atoms with E-state index in [4.69, 9.17) is 0 Å². The predicted octanol–water partition coefficient (Wildman–Crippen LogP) is 1.04. The molecule has 0 amide bonds. The zero-order valence-electron chi connectivity index (χ0n) is 12.9. The quantitative estimate of drug-likeness (QED) is 0.750. The molecule has 1 saturated heterocycles. The molecule has 1 atom stereocenters. The molecule has 0 radical (unpaired) electrons. The molecule has 2 N–H and O–H groups in total. The second-order valence-corrected chi connectivity index (χ2v) is 6.00. The van der Waals surface area contributed by atoms with E-state index in [0.717, 1.165) is 48.6 Å². The number of nitrogens with one attached hydrogen (secondary N) is 1. The Morgan fingerprint density at radius 3 is 2.83 bits per heavy atom. The number of rotatable bonds is 3. The normalized spacial score (nSPS) is 17.7. The molecule has 4 rings (SSSR count). The second kappa shape index (κ2) is 5.62. The monoisotopic (exact) mass is 313 g/mol. The summed E-state index contributed by atoms with van der Waals surface area (Å²) in [5.41, 5.74) is 0.755. The summed E-state index contributed by atoms with van der Waals surface area (Å²) in [5, 5.41) is 18.4. The van der Waals surface area contributed by atoms with Crippen LogP contribution in [0.5, 0.6) is 0 Å². The number of hydrogen-bond donors (Lipinski definition) is 2. The molecule has 3 aromatic rings. The number of nitrogens with zero attached hydrogens (tertiary/aromatic N) is 6. The Hall–Kier alpha value is -2.48. The molecule has 0 aliphatic carbocycles. The van der Waals surface area contributed by atoms with E-state index >= 15 is 0 Å². The van der Waals surface area contributed by atoms with Gasteiger partial charge in [0.15, 0.2) is 5.65 Å². The van der Waals surface area contributed by atoms with Crippen molar-refractivity contribution in [3.05, 3.63) is 30.7 Å². The molecule has 1 unspecified atom stereocenters. The number of H-pyrrole nitrogens is 1. The van der Waals surface area contributed by atoms with Crippen LogP contribution < -0.4 is 4.90 Å². The topological polar surface area (TPSA) is 95.7 Å². The molecule has 1 aliphatic heterocycles. The second-order valence-electron chi connectivity index (χ2n) is 6.00. The Morgan fingerprint density at radius 2 is 2.09 bits per heavy atom. The average molecular weight is 313 g/mol. The van der Waals surface area contributed by atoms with Gasteiger partial charge in [-0.15, -0.1) is 0 Å². The van der Waals surface area contributed by atoms with Crippen LogP contribution in [0.4, 0.5) is 5.82 Å². The molecule has 0 bridgehead atoms. The van der Waals surface area contributed by atoms with E-state index in [9.17, 15) is 5.11 Å². The summed E-state index contributed by atoms with van der Waals surface area (Å²) >= 11 is 0. The molecule has 23 heavy (non-hydrogen) atoms. The first-order chi connectivity index (χ1) is 11.2. The van der Waals surface area contributed by atoms with Crippen LogP contribution in [0.2, 0.25) is 0 Å². The molecule has 0 spiro atoms. The van der Waals surface area contributed by atoms with Crippen molar-refractivity contribution < 1.29 is 5.11 Å². The standard InChI is InChI=1S/C15H19N7O/c1-21-7-4-16-15(21)12(23)10-2-5-22(6-3-10)14-11-8-19-20-13(11)17-9-18-14/h4,7-10,12,23H,2-3,5-6H2,1H3,(H,17,18,19,20). The molecule has 1 aliphatic rings. The maximum Gasteiger partial charge on any atom is 0.160 e. The van der Waals surface area contributed by atoms with E-state index in [2.05, 4.69) is 30.0 Å². The molecule has 0 aromatic carbocycles. The Morgan fingerprint density at radius 1 is 1.26 bits per heavy atom. The van der Waals surface area contributed by atoms with E-state index in [1.807, 2.05) is 17.8 Å². The van der Waals surface area contributed by atoms with Crippen LogP contribution >= 0.6 is 0 Å². The number of fused-ring (bicyclic) bond motifs is 1. The summed E-state index contributed by atoms with van der Waals surface area (Å²) in [6.45, 7) is 1.70. The molecule has 1 fully saturated rings. The predicted molar refractivity (Wildman–Crippen MR) is 84.8 cm³/mol. The van der Waals surface area contributed by atoms with Gasteiger partial charge in [-0.2, -0.15) is 5.10 Å². The summed E-state index contributed by atoms with van der Waals surface area (Å²) in [6, 6.07) is 0. The minimum Gasteiger partial charge on any atom is -0.385 e. The average Bonchev–Trinajstić information content (AvgIpc) is 3.22. The van der Waals surface area contributed by atoms with Gasteiger partial charge in [0.05, 0.1) is 11.6 Å². The highest BCUT2D eigenvalue weighted by Crippen LogP contribution is 2.32. The van der Waals surface area contributed by atoms with Crippen molar-refractivity contribution in [3.63, 3.8) is 0 Å². The lowest BCUT2D eigenvalue weighted by Crippen LogP contribution is -2.36. The van der Waals surface area contributed by atoms with E-state index in [1.54, 1.807) is 18.7 Å². The molecule has 8 heteroatoms. The van der Waals surface area contributed by atoms with Crippen LogP contribution in [-0.2, 0) is 7.05 Å². The molecule has 3 aromatic heterocycles. The van der Waals surface area contributed by atoms with Gasteiger partial charge in [-0.05, 0) is 18.8 Å². The van der Waals surface area contributed by atoms with Crippen LogP contribution in [0.3, 0.4) is 0 Å². The van der Waals surface area contributed by atoms with Crippen molar-refractivity contribution in [1.82, 2.24) is 29.7 Å². The maximum atomic E-state index is 10.6. The lowest BCUT2D eigenvalue weighted by atomic mass is 9.90. The smallest absolute Gasteiger partial charge is 0.160 e. The molecule has 4 heterocycles. The Labute approximate surface area is 133 Å². The number of aromatic nitrogens is 6. The fourth-order valence-corrected chi connectivity index (χ4v) is 3.30. The van der Waals surface area contributed by atoms with Crippen LogP contribution in [-0.4, -0.2) is 47.9 Å². The molecular formula is C15H19N7O. The first-order valence-corrected chi connectivity index (χ1v) is 7.78. The summed E-state index contributed by atoms with van der Waals surface area (Å²) in [4.78, 5) is 15.1. The summed E-state index contributed by atoms with van der Waals surface area (Å²) in [7, 11) is 1.91. The molecule has 120 valence electrons. The highest BCUT2D eigenvalue weighted by atomic mass is 16.3. The van der Waals surface area contributed by atoms with Crippen molar-refractivity contribution in [2.75, 3.05) is 18.0 Å². The highest BCUT2D eigenvalue weighted by molar-refractivity contribution is 5.86. The number of aliphatic hydroxyl groups excluding tert-OH is 1. The van der Waals surface area contributed by atoms with Gasteiger partial charge >= 0.3 is 0 Å². The largest absolute Gasteiger partial charge is 0.385 e. The maximum absolute atomic E-state index is 10.6. The number of piperidine rings is 1. The van der Waals surface area contributed by atoms with Crippen LogP contribution in [0.15, 0.2) is 24.9 Å². The van der Waals surface area contributed by atoms with Crippen LogP contribution in [0.1, 0.15) is 24.8 Å². The number of aryl methyl sites for hydroxylation is 1. The SMILES string of the molecule is Cn1ccnc1C(O)C1CCN(c2ncnc3[nH]ncc23)CC1. The first-order valence-electron chi connectivity index (χ1n) is 7.78. The summed E-state index contributed by atoms with van der Waals surface area (Å²) < 4.78 is 1.89. The fraction of sp³-hybridized carbons (Fsp3) is 0.467. The third-order valence-electron chi connectivity index (χ3n) is 4.64. The number of imidazole rings is 1. The number of hydrogen-bond acceptors (Lipinski definition) is 6. The van der Waals surface area contributed by atoms with Gasteiger partial charge < -0.3 is 14.6 Å². The third-order valence-corrected chi connectivity index (χ3v) is 4.64. The summed E-state index contributed by atoms with van der Waals surface area (Å²) in [5.74, 6) is 1.87. The van der Waals surface area contributed by atoms with Gasteiger partial charge in [0.1, 0.15) is 24.1 Å². The van der Waals surface area contributed by atoms with E-state index in [1.165, 1.54) is 0 Å². The highest BCUT2D eigenvalue weighted by Gasteiger charge is 2.29. The zero-order valence-corrected chi connectivity index (χ0v) is 12.9. The van der Waals surface area contributed by atoms with E-state index in [-0.39, 0.29) is 5.92 Å². The van der Waals surface area contributed by atoms with Crippen molar-refractivity contribution in [1.29, 1.82) is 0 Å². The summed E-state index contributed by atoms with van der Waals surface area (Å²) in [6.07, 6.45) is 8.20. The number of anilines is 1. The van der Waals surface area contributed by atoms with Crippen LogP contribution in [0.25, 0.3) is 11.0 Å². The Bertz CT molecular complexity index is 803. The lowest BCUT2D eigenvalue weighted by Gasteiger charge is -2.34. The van der Waals surface area contributed by atoms with Crippen molar-refractivity contribution in [2.45, 2.75) is 18.9 Å². The molecule has 0 saturated carbocycles. The first kappa shape index (κ1) is 14.1. The zero-order chi connectivity index (χ0) is 15.8. The number of aliphatic hydroxyl groups is 1. The van der Waals surface area contributed by atoms with Crippen molar-refractivity contribution in [3.8, 4) is 0 Å². The molecular weight excluding hydrogens is 294 g/mol. The van der Waals surface area contributed by atoms with Gasteiger partial charge in [-0.1, -0.05) is 0 Å². The fourth-order valence-electron chi connectivity index (χ4n) is 3.30. The van der Waals surface area contributed by atoms with E-state index in [0.29, 0.717) is 0 Å². The Kier molecular flexibility index (Phi) is 3.45. The minimum atomic E-state index is -0.517. The van der Waals surface area contributed by atoms with Gasteiger partial charge in [0, 0.05) is 32.5 Å².